The fraction of sp³-hybridized carbons (Fsp3) is 0.105. The Kier molecular flexibility index (Phi) is 4.34. The molecular formula is C19H12F3N5O. The van der Waals surface area contributed by atoms with Gasteiger partial charge in [-0.05, 0) is 36.4 Å². The van der Waals surface area contributed by atoms with Gasteiger partial charge in [0.1, 0.15) is 5.69 Å². The largest absolute Gasteiger partial charge is 0.416 e. The van der Waals surface area contributed by atoms with Crippen molar-refractivity contribution < 1.29 is 18.0 Å². The normalized spacial score (nSPS) is 11.7. The van der Waals surface area contributed by atoms with Crippen LogP contribution in [-0.2, 0) is 12.6 Å². The number of Topliss-reactive ketones (excluding diaryl/α,β-unsaturated/α-hetero) is 1. The molecule has 0 N–H and O–H groups in total. The Labute approximate surface area is 156 Å². The second-order valence-electron chi connectivity index (χ2n) is 6.01. The minimum atomic E-state index is -4.48. The van der Waals surface area contributed by atoms with Crippen molar-refractivity contribution in [2.75, 3.05) is 0 Å². The van der Waals surface area contributed by atoms with E-state index in [0.29, 0.717) is 11.3 Å². The van der Waals surface area contributed by atoms with E-state index >= 15 is 0 Å². The number of hydrogen-bond acceptors (Lipinski definition) is 5. The van der Waals surface area contributed by atoms with E-state index in [9.17, 15) is 18.0 Å². The van der Waals surface area contributed by atoms with E-state index in [0.717, 1.165) is 12.1 Å². The number of ketones is 1. The molecular weight excluding hydrogens is 371 g/mol. The van der Waals surface area contributed by atoms with Crippen LogP contribution in [0.4, 0.5) is 13.2 Å². The van der Waals surface area contributed by atoms with Gasteiger partial charge in [-0.15, -0.1) is 10.2 Å². The molecule has 0 aliphatic rings. The molecule has 0 fully saturated rings. The molecule has 0 atom stereocenters. The van der Waals surface area contributed by atoms with Gasteiger partial charge in [-0.3, -0.25) is 9.78 Å². The molecule has 3 aromatic heterocycles. The summed E-state index contributed by atoms with van der Waals surface area (Å²) in [5.74, 6) is -0.155. The van der Waals surface area contributed by atoms with Gasteiger partial charge >= 0.3 is 6.18 Å². The van der Waals surface area contributed by atoms with Crippen molar-refractivity contribution in [1.82, 2.24) is 24.8 Å². The van der Waals surface area contributed by atoms with Gasteiger partial charge in [-0.1, -0.05) is 18.2 Å². The van der Waals surface area contributed by atoms with Crippen molar-refractivity contribution in [3.63, 3.8) is 0 Å². The summed E-state index contributed by atoms with van der Waals surface area (Å²) in [6.45, 7) is 0. The monoisotopic (exact) mass is 383 g/mol. The number of hydrogen-bond donors (Lipinski definition) is 0. The highest BCUT2D eigenvalue weighted by Gasteiger charge is 2.30. The molecule has 4 rings (SSSR count). The van der Waals surface area contributed by atoms with Crippen LogP contribution in [0.5, 0.6) is 0 Å². The minimum Gasteiger partial charge on any atom is -0.292 e. The minimum absolute atomic E-state index is 0.0559. The summed E-state index contributed by atoms with van der Waals surface area (Å²) in [6.07, 6.45) is -2.83. The van der Waals surface area contributed by atoms with Crippen LogP contribution in [0.15, 0.2) is 60.8 Å². The number of rotatable bonds is 4. The molecule has 3 heterocycles. The van der Waals surface area contributed by atoms with Crippen LogP contribution in [0.2, 0.25) is 0 Å². The number of carbonyl (C=O) groups is 1. The Hall–Kier alpha value is -3.62. The summed E-state index contributed by atoms with van der Waals surface area (Å²) in [5.41, 5.74) is 0.456. The molecule has 6 nitrogen and oxygen atoms in total. The van der Waals surface area contributed by atoms with Gasteiger partial charge in [0.25, 0.3) is 0 Å². The zero-order valence-electron chi connectivity index (χ0n) is 14.3. The van der Waals surface area contributed by atoms with Gasteiger partial charge in [0.15, 0.2) is 17.3 Å². The standard InChI is InChI=1S/C19H12F3N5O/c20-19(21,22)13-5-3-4-12(10-13)18-25-24-17-8-7-15(26-27(17)18)16(28)11-14-6-1-2-9-23-14/h1-10H,11H2. The van der Waals surface area contributed by atoms with E-state index in [2.05, 4.69) is 20.3 Å². The summed E-state index contributed by atoms with van der Waals surface area (Å²) in [4.78, 5) is 16.6. The number of benzene rings is 1. The lowest BCUT2D eigenvalue weighted by atomic mass is 10.1. The zero-order chi connectivity index (χ0) is 19.7. The van der Waals surface area contributed by atoms with Crippen molar-refractivity contribution >= 4 is 11.4 Å². The van der Waals surface area contributed by atoms with Gasteiger partial charge in [0.2, 0.25) is 0 Å². The number of halogens is 3. The van der Waals surface area contributed by atoms with E-state index in [1.807, 2.05) is 0 Å². The third kappa shape index (κ3) is 3.46. The molecule has 0 radical (unpaired) electrons. The van der Waals surface area contributed by atoms with E-state index in [-0.39, 0.29) is 29.3 Å². The molecule has 0 unspecified atom stereocenters. The maximum atomic E-state index is 13.0. The first-order valence-corrected chi connectivity index (χ1v) is 8.25. The van der Waals surface area contributed by atoms with Crippen molar-refractivity contribution in [2.24, 2.45) is 0 Å². The van der Waals surface area contributed by atoms with Crippen LogP contribution < -0.4 is 0 Å². The van der Waals surface area contributed by atoms with E-state index in [4.69, 9.17) is 0 Å². The first-order valence-electron chi connectivity index (χ1n) is 8.25. The fourth-order valence-electron chi connectivity index (χ4n) is 2.71. The number of pyridine rings is 1. The molecule has 140 valence electrons. The Morgan fingerprint density at radius 2 is 1.86 bits per heavy atom. The van der Waals surface area contributed by atoms with Crippen molar-refractivity contribution in [3.05, 3.63) is 77.7 Å². The number of alkyl halides is 3. The number of nitrogens with zero attached hydrogens (tertiary/aromatic N) is 5. The van der Waals surface area contributed by atoms with E-state index in [1.54, 1.807) is 30.5 Å². The first-order chi connectivity index (χ1) is 13.4. The lowest BCUT2D eigenvalue weighted by molar-refractivity contribution is -0.137. The van der Waals surface area contributed by atoms with Crippen LogP contribution in [0.3, 0.4) is 0 Å². The average molecular weight is 383 g/mol. The van der Waals surface area contributed by atoms with Gasteiger partial charge in [-0.25, -0.2) is 0 Å². The van der Waals surface area contributed by atoms with Gasteiger partial charge in [-0.2, -0.15) is 22.8 Å². The maximum absolute atomic E-state index is 13.0. The van der Waals surface area contributed by atoms with Crippen molar-refractivity contribution in [1.29, 1.82) is 0 Å². The molecule has 0 saturated carbocycles. The van der Waals surface area contributed by atoms with Crippen LogP contribution in [0.25, 0.3) is 17.0 Å². The van der Waals surface area contributed by atoms with Gasteiger partial charge in [0.05, 0.1) is 12.0 Å². The average Bonchev–Trinajstić information content (AvgIpc) is 3.11. The Morgan fingerprint density at radius 1 is 1.00 bits per heavy atom. The molecule has 9 heteroatoms. The predicted molar refractivity (Wildman–Crippen MR) is 93.5 cm³/mol. The maximum Gasteiger partial charge on any atom is 0.416 e. The number of fused-ring (bicyclic) bond motifs is 1. The zero-order valence-corrected chi connectivity index (χ0v) is 14.3. The molecule has 0 spiro atoms. The summed E-state index contributed by atoms with van der Waals surface area (Å²) < 4.78 is 40.2. The van der Waals surface area contributed by atoms with Crippen LogP contribution >= 0.6 is 0 Å². The SMILES string of the molecule is O=C(Cc1ccccn1)c1ccc2nnc(-c3cccc(C(F)(F)F)c3)n2n1. The first kappa shape index (κ1) is 17.8. The second kappa shape index (κ2) is 6.84. The van der Waals surface area contributed by atoms with Crippen molar-refractivity contribution in [2.45, 2.75) is 12.6 Å². The van der Waals surface area contributed by atoms with Crippen LogP contribution in [0.1, 0.15) is 21.7 Å². The molecule has 28 heavy (non-hydrogen) atoms. The van der Waals surface area contributed by atoms with E-state index in [1.165, 1.54) is 22.7 Å². The molecule has 0 aliphatic carbocycles. The molecule has 4 aromatic rings. The highest BCUT2D eigenvalue weighted by atomic mass is 19.4. The molecule has 0 amide bonds. The summed E-state index contributed by atoms with van der Waals surface area (Å²) in [5, 5.41) is 12.1. The fourth-order valence-corrected chi connectivity index (χ4v) is 2.71. The smallest absolute Gasteiger partial charge is 0.292 e. The topological polar surface area (TPSA) is 73.0 Å². The third-order valence-electron chi connectivity index (χ3n) is 4.06. The number of carbonyl (C=O) groups excluding carboxylic acids is 1. The van der Waals surface area contributed by atoms with Gasteiger partial charge < -0.3 is 0 Å². The van der Waals surface area contributed by atoms with Gasteiger partial charge in [0, 0.05) is 17.5 Å². The highest BCUT2D eigenvalue weighted by Crippen LogP contribution is 2.31. The predicted octanol–water partition coefficient (Wildman–Crippen LogP) is 3.63. The molecule has 1 aromatic carbocycles. The molecule has 0 saturated heterocycles. The Balaban J connectivity index is 1.72. The Morgan fingerprint density at radius 3 is 2.61 bits per heavy atom. The summed E-state index contributed by atoms with van der Waals surface area (Å²) in [6, 6.07) is 13.0. The van der Waals surface area contributed by atoms with Crippen LogP contribution in [0, 0.1) is 0 Å². The summed E-state index contributed by atoms with van der Waals surface area (Å²) >= 11 is 0. The quantitative estimate of drug-likeness (QED) is 0.503. The van der Waals surface area contributed by atoms with Crippen LogP contribution in [-0.4, -0.2) is 30.6 Å². The van der Waals surface area contributed by atoms with E-state index < -0.39 is 11.7 Å². The summed E-state index contributed by atoms with van der Waals surface area (Å²) in [7, 11) is 0. The van der Waals surface area contributed by atoms with Crippen molar-refractivity contribution in [3.8, 4) is 11.4 Å². The lowest BCUT2D eigenvalue weighted by Gasteiger charge is -2.08. The molecule has 0 aliphatic heterocycles. The lowest BCUT2D eigenvalue weighted by Crippen LogP contribution is -2.10. The third-order valence-corrected chi connectivity index (χ3v) is 4.06. The second-order valence-corrected chi connectivity index (χ2v) is 6.01. The Bertz CT molecular complexity index is 1160. The molecule has 0 bridgehead atoms. The highest BCUT2D eigenvalue weighted by molar-refractivity contribution is 5.95. The number of aromatic nitrogens is 5.